The Labute approximate surface area is 71.4 Å². The van der Waals surface area contributed by atoms with Crippen LogP contribution in [0, 0.1) is 0 Å². The number of carboxylic acid groups (broad SMARTS) is 1. The molecule has 3 N–H and O–H groups in total. The molecule has 68 valence electrons. The summed E-state index contributed by atoms with van der Waals surface area (Å²) < 4.78 is 0. The summed E-state index contributed by atoms with van der Waals surface area (Å²) in [5.74, 6) is -6.29. The van der Waals surface area contributed by atoms with E-state index < -0.39 is 34.6 Å². The van der Waals surface area contributed by atoms with Crippen molar-refractivity contribution in [2.75, 3.05) is 0 Å². The molecule has 13 heavy (non-hydrogen) atoms. The number of ketones is 2. The van der Waals surface area contributed by atoms with Gasteiger partial charge in [-0.3, -0.25) is 9.59 Å². The monoisotopic (exact) mass is 184 g/mol. The van der Waals surface area contributed by atoms with Crippen LogP contribution < -0.4 is 0 Å². The lowest BCUT2D eigenvalue weighted by atomic mass is 10.0. The first-order valence-corrected chi connectivity index (χ1v) is 3.11. The van der Waals surface area contributed by atoms with E-state index in [9.17, 15) is 14.4 Å². The topological polar surface area (TPSA) is 112 Å². The third-order valence-electron chi connectivity index (χ3n) is 1.41. The maximum atomic E-state index is 10.8. The predicted molar refractivity (Wildman–Crippen MR) is 38.0 cm³/mol. The zero-order valence-electron chi connectivity index (χ0n) is 6.14. The summed E-state index contributed by atoms with van der Waals surface area (Å²) in [6.07, 6.45) is 0.450. The zero-order valence-corrected chi connectivity index (χ0v) is 6.14. The molecule has 0 amide bonds. The van der Waals surface area contributed by atoms with Crippen molar-refractivity contribution >= 4 is 17.5 Å². The number of Topliss-reactive ketones (excluding diaryl/α,β-unsaturated/α-hetero) is 1. The highest BCUT2D eigenvalue weighted by atomic mass is 16.4. The van der Waals surface area contributed by atoms with Gasteiger partial charge < -0.3 is 15.3 Å². The van der Waals surface area contributed by atoms with Crippen LogP contribution in [0.25, 0.3) is 0 Å². The molecule has 0 aliphatic heterocycles. The minimum absolute atomic E-state index is 0.450. The quantitative estimate of drug-likeness (QED) is 0.373. The maximum Gasteiger partial charge on any atom is 0.343 e. The van der Waals surface area contributed by atoms with Crippen LogP contribution in [0.2, 0.25) is 0 Å². The van der Waals surface area contributed by atoms with E-state index in [4.69, 9.17) is 15.3 Å². The van der Waals surface area contributed by atoms with Crippen molar-refractivity contribution in [2.24, 2.45) is 0 Å². The van der Waals surface area contributed by atoms with Gasteiger partial charge in [-0.2, -0.15) is 0 Å². The number of aliphatic hydroxyl groups is 2. The van der Waals surface area contributed by atoms with Crippen LogP contribution in [-0.4, -0.2) is 32.9 Å². The number of hydrogen-bond donors (Lipinski definition) is 3. The highest BCUT2D eigenvalue weighted by molar-refractivity contribution is 6.30. The minimum Gasteiger partial charge on any atom is -0.504 e. The molecule has 0 atom stereocenters. The molecule has 0 radical (unpaired) electrons. The Kier molecular flexibility index (Phi) is 1.89. The fraction of sp³-hybridized carbons (Fsp3) is 0. The molecule has 0 unspecified atom stereocenters. The molecule has 0 heterocycles. The number of carbonyl (C=O) groups is 3. The molecule has 1 aliphatic carbocycles. The SMILES string of the molecule is O=C(O)C1=C(O)C(=O)C(O)=CC1=O. The number of aliphatic hydroxyl groups excluding tert-OH is 2. The first-order chi connectivity index (χ1) is 5.95. The van der Waals surface area contributed by atoms with E-state index in [0.29, 0.717) is 6.08 Å². The van der Waals surface area contributed by atoms with Crippen LogP contribution in [-0.2, 0) is 14.4 Å². The van der Waals surface area contributed by atoms with Crippen molar-refractivity contribution in [3.8, 4) is 0 Å². The van der Waals surface area contributed by atoms with Crippen LogP contribution in [0.4, 0.5) is 0 Å². The second-order valence-electron chi connectivity index (χ2n) is 2.25. The second-order valence-corrected chi connectivity index (χ2v) is 2.25. The Morgan fingerprint density at radius 1 is 1.23 bits per heavy atom. The summed E-state index contributed by atoms with van der Waals surface area (Å²) >= 11 is 0. The fourth-order valence-corrected chi connectivity index (χ4v) is 0.820. The van der Waals surface area contributed by atoms with E-state index >= 15 is 0 Å². The van der Waals surface area contributed by atoms with Crippen LogP contribution in [0.15, 0.2) is 23.2 Å². The van der Waals surface area contributed by atoms with Gasteiger partial charge in [-0.25, -0.2) is 4.79 Å². The van der Waals surface area contributed by atoms with E-state index in [1.54, 1.807) is 0 Å². The first-order valence-electron chi connectivity index (χ1n) is 3.11. The van der Waals surface area contributed by atoms with Gasteiger partial charge in [-0.05, 0) is 0 Å². The fourth-order valence-electron chi connectivity index (χ4n) is 0.820. The smallest absolute Gasteiger partial charge is 0.343 e. The second kappa shape index (κ2) is 2.74. The molecule has 0 aromatic heterocycles. The number of hydrogen-bond acceptors (Lipinski definition) is 5. The first kappa shape index (κ1) is 8.98. The van der Waals surface area contributed by atoms with Gasteiger partial charge in [0.25, 0.3) is 5.78 Å². The summed E-state index contributed by atoms with van der Waals surface area (Å²) in [6, 6.07) is 0. The molecule has 0 aromatic carbocycles. The molecule has 1 aliphatic rings. The molecule has 6 heteroatoms. The van der Waals surface area contributed by atoms with E-state index in [1.807, 2.05) is 0 Å². The van der Waals surface area contributed by atoms with Gasteiger partial charge in [0.1, 0.15) is 0 Å². The van der Waals surface area contributed by atoms with Crippen molar-refractivity contribution in [1.82, 2.24) is 0 Å². The van der Waals surface area contributed by atoms with Crippen molar-refractivity contribution in [3.05, 3.63) is 23.2 Å². The number of carboxylic acids is 1. The normalized spacial score (nSPS) is 17.4. The van der Waals surface area contributed by atoms with Crippen LogP contribution in [0.5, 0.6) is 0 Å². The Balaban J connectivity index is 3.29. The lowest BCUT2D eigenvalue weighted by Crippen LogP contribution is -2.23. The number of rotatable bonds is 1. The molecule has 6 nitrogen and oxygen atoms in total. The summed E-state index contributed by atoms with van der Waals surface area (Å²) in [5.41, 5.74) is -1.03. The molecule has 0 saturated heterocycles. The number of carbonyl (C=O) groups excluding carboxylic acids is 2. The molecule has 0 bridgehead atoms. The Hall–Kier alpha value is -2.11. The van der Waals surface area contributed by atoms with Gasteiger partial charge in [-0.15, -0.1) is 0 Å². The van der Waals surface area contributed by atoms with E-state index in [0.717, 1.165) is 0 Å². The maximum absolute atomic E-state index is 10.8. The van der Waals surface area contributed by atoms with E-state index in [1.165, 1.54) is 0 Å². The molecule has 0 spiro atoms. The standard InChI is InChI=1S/C7H4O6/c8-2-1-3(9)5(10)6(11)4(2)7(12)13/h1,9,11H,(H,12,13). The molecular weight excluding hydrogens is 180 g/mol. The van der Waals surface area contributed by atoms with Gasteiger partial charge in [0, 0.05) is 6.08 Å². The highest BCUT2D eigenvalue weighted by Crippen LogP contribution is 2.15. The lowest BCUT2D eigenvalue weighted by Gasteiger charge is -2.07. The summed E-state index contributed by atoms with van der Waals surface area (Å²) in [4.78, 5) is 31.9. The Morgan fingerprint density at radius 2 is 1.77 bits per heavy atom. The largest absolute Gasteiger partial charge is 0.504 e. The van der Waals surface area contributed by atoms with Gasteiger partial charge in [0.15, 0.2) is 17.1 Å². The van der Waals surface area contributed by atoms with E-state index in [2.05, 4.69) is 0 Å². The van der Waals surface area contributed by atoms with Gasteiger partial charge in [-0.1, -0.05) is 0 Å². The summed E-state index contributed by atoms with van der Waals surface area (Å²) in [5, 5.41) is 26.0. The molecule has 0 fully saturated rings. The number of allylic oxidation sites excluding steroid dienone is 1. The summed E-state index contributed by atoms with van der Waals surface area (Å²) in [7, 11) is 0. The van der Waals surface area contributed by atoms with Gasteiger partial charge in [0.05, 0.1) is 0 Å². The van der Waals surface area contributed by atoms with Crippen LogP contribution in [0.3, 0.4) is 0 Å². The molecule has 0 saturated carbocycles. The van der Waals surface area contributed by atoms with Gasteiger partial charge in [0.2, 0.25) is 5.78 Å². The average molecular weight is 184 g/mol. The Morgan fingerprint density at radius 3 is 2.23 bits per heavy atom. The molecule has 0 aromatic rings. The summed E-state index contributed by atoms with van der Waals surface area (Å²) in [6.45, 7) is 0. The lowest BCUT2D eigenvalue weighted by molar-refractivity contribution is -0.135. The predicted octanol–water partition coefficient (Wildman–Crippen LogP) is -0.523. The minimum atomic E-state index is -1.71. The van der Waals surface area contributed by atoms with Crippen molar-refractivity contribution in [3.63, 3.8) is 0 Å². The Bertz CT molecular complexity index is 372. The zero-order chi connectivity index (χ0) is 10.2. The highest BCUT2D eigenvalue weighted by Gasteiger charge is 2.32. The van der Waals surface area contributed by atoms with E-state index in [-0.39, 0.29) is 0 Å². The van der Waals surface area contributed by atoms with Gasteiger partial charge >= 0.3 is 5.97 Å². The van der Waals surface area contributed by atoms with Crippen molar-refractivity contribution < 1.29 is 29.7 Å². The van der Waals surface area contributed by atoms with Crippen LogP contribution >= 0.6 is 0 Å². The van der Waals surface area contributed by atoms with Crippen molar-refractivity contribution in [1.29, 1.82) is 0 Å². The molecule has 1 rings (SSSR count). The van der Waals surface area contributed by atoms with Crippen molar-refractivity contribution in [2.45, 2.75) is 0 Å². The van der Waals surface area contributed by atoms with Crippen LogP contribution in [0.1, 0.15) is 0 Å². The molecular formula is C7H4O6. The third-order valence-corrected chi connectivity index (χ3v) is 1.41. The third kappa shape index (κ3) is 1.28. The average Bonchev–Trinajstić information content (AvgIpc) is 1.99. The number of aliphatic carboxylic acids is 1.